The third-order valence-corrected chi connectivity index (χ3v) is 4.53. The van der Waals surface area contributed by atoms with Crippen LogP contribution in [0.1, 0.15) is 34.9 Å². The normalized spacial score (nSPS) is 20.6. The molecule has 1 aromatic carbocycles. The minimum atomic E-state index is -0.921. The monoisotopic (exact) mass is 348 g/mol. The van der Waals surface area contributed by atoms with E-state index in [1.165, 1.54) is 11.0 Å². The first-order valence-electron chi connectivity index (χ1n) is 7.88. The Kier molecular flexibility index (Phi) is 4.52. The van der Waals surface area contributed by atoms with E-state index in [0.717, 1.165) is 17.8 Å². The number of carbonyl (C=O) groups is 2. The quantitative estimate of drug-likeness (QED) is 0.920. The van der Waals surface area contributed by atoms with E-state index in [0.29, 0.717) is 6.42 Å². The van der Waals surface area contributed by atoms with Crippen molar-refractivity contribution in [1.29, 1.82) is 0 Å². The fraction of sp³-hybridized carbons (Fsp3) is 0.353. The summed E-state index contributed by atoms with van der Waals surface area (Å²) in [6.07, 6.45) is 2.22. The molecule has 1 N–H and O–H groups in total. The van der Waals surface area contributed by atoms with Crippen molar-refractivity contribution in [3.8, 4) is 0 Å². The molecular formula is C17H18F2N4O2. The van der Waals surface area contributed by atoms with Crippen LogP contribution in [-0.2, 0) is 11.8 Å². The molecule has 0 spiro atoms. The van der Waals surface area contributed by atoms with Crippen LogP contribution in [0.25, 0.3) is 0 Å². The summed E-state index contributed by atoms with van der Waals surface area (Å²) in [6, 6.07) is 4.08. The zero-order chi connectivity index (χ0) is 18.1. The van der Waals surface area contributed by atoms with Gasteiger partial charge in [-0.1, -0.05) is 6.07 Å². The van der Waals surface area contributed by atoms with Gasteiger partial charge >= 0.3 is 0 Å². The lowest BCUT2D eigenvalue weighted by Gasteiger charge is -2.39. The van der Waals surface area contributed by atoms with Crippen LogP contribution in [0.4, 0.5) is 8.78 Å². The Morgan fingerprint density at radius 2 is 1.92 bits per heavy atom. The summed E-state index contributed by atoms with van der Waals surface area (Å²) in [7, 11) is 3.37. The van der Waals surface area contributed by atoms with Gasteiger partial charge in [-0.05, 0) is 24.6 Å². The largest absolute Gasteiger partial charge is 0.347 e. The SMILES string of the molecule is CN1C(=O)CC[C@H](NC(=O)c2c(F)cccc2F)[C@H]1c1ccnn1C. The Morgan fingerprint density at radius 1 is 1.24 bits per heavy atom. The van der Waals surface area contributed by atoms with E-state index in [4.69, 9.17) is 0 Å². The van der Waals surface area contributed by atoms with Gasteiger partial charge in [-0.2, -0.15) is 5.10 Å². The van der Waals surface area contributed by atoms with Gasteiger partial charge in [0.2, 0.25) is 5.91 Å². The topological polar surface area (TPSA) is 67.2 Å². The molecule has 8 heteroatoms. The standard InChI is InChI=1S/C17H18F2N4O2/c1-22-14(24)7-6-12(16(22)13-8-9-20-23(13)2)21-17(25)15-10(18)4-3-5-11(15)19/h3-5,8-9,12,16H,6-7H2,1-2H3,(H,21,25)/t12-,16-/m0/s1. The summed E-state index contributed by atoms with van der Waals surface area (Å²) in [4.78, 5) is 26.0. The maximum Gasteiger partial charge on any atom is 0.257 e. The average molecular weight is 348 g/mol. The van der Waals surface area contributed by atoms with Gasteiger partial charge < -0.3 is 10.2 Å². The van der Waals surface area contributed by atoms with E-state index < -0.39 is 35.2 Å². The van der Waals surface area contributed by atoms with E-state index in [1.54, 1.807) is 31.0 Å². The number of nitrogens with one attached hydrogen (secondary N) is 1. The van der Waals surface area contributed by atoms with Gasteiger partial charge in [-0.15, -0.1) is 0 Å². The maximum absolute atomic E-state index is 13.8. The molecule has 2 atom stereocenters. The third-order valence-electron chi connectivity index (χ3n) is 4.53. The van der Waals surface area contributed by atoms with E-state index in [1.807, 2.05) is 0 Å². The molecule has 0 radical (unpaired) electrons. The Hall–Kier alpha value is -2.77. The van der Waals surface area contributed by atoms with Gasteiger partial charge in [0.1, 0.15) is 17.2 Å². The van der Waals surface area contributed by atoms with Crippen molar-refractivity contribution in [3.63, 3.8) is 0 Å². The van der Waals surface area contributed by atoms with Crippen molar-refractivity contribution in [2.75, 3.05) is 7.05 Å². The van der Waals surface area contributed by atoms with Crippen molar-refractivity contribution < 1.29 is 18.4 Å². The van der Waals surface area contributed by atoms with E-state index in [-0.39, 0.29) is 12.3 Å². The zero-order valence-corrected chi connectivity index (χ0v) is 13.9. The fourth-order valence-electron chi connectivity index (χ4n) is 3.22. The zero-order valence-electron chi connectivity index (χ0n) is 13.9. The minimum Gasteiger partial charge on any atom is -0.347 e. The highest BCUT2D eigenvalue weighted by Crippen LogP contribution is 2.30. The molecule has 0 unspecified atom stereocenters. The second-order valence-electron chi connectivity index (χ2n) is 6.04. The number of likely N-dealkylation sites (tertiary alicyclic amines) is 1. The first kappa shape index (κ1) is 17.1. The number of aromatic nitrogens is 2. The number of hydrogen-bond donors (Lipinski definition) is 1. The molecule has 2 heterocycles. The molecule has 1 aromatic heterocycles. The maximum atomic E-state index is 13.8. The molecule has 25 heavy (non-hydrogen) atoms. The third kappa shape index (κ3) is 3.11. The Morgan fingerprint density at radius 3 is 2.52 bits per heavy atom. The molecule has 0 aliphatic carbocycles. The van der Waals surface area contributed by atoms with Gasteiger partial charge in [-0.3, -0.25) is 14.3 Å². The lowest BCUT2D eigenvalue weighted by Crippen LogP contribution is -2.51. The molecule has 1 aliphatic rings. The van der Waals surface area contributed by atoms with Crippen molar-refractivity contribution in [2.45, 2.75) is 24.9 Å². The van der Waals surface area contributed by atoms with Crippen LogP contribution >= 0.6 is 0 Å². The number of nitrogens with zero attached hydrogens (tertiary/aromatic N) is 3. The van der Waals surface area contributed by atoms with E-state index in [9.17, 15) is 18.4 Å². The van der Waals surface area contributed by atoms with Gasteiger partial charge in [0, 0.05) is 26.7 Å². The summed E-state index contributed by atoms with van der Waals surface area (Å²) in [5, 5.41) is 6.78. The van der Waals surface area contributed by atoms with Crippen LogP contribution in [0.5, 0.6) is 0 Å². The number of likely N-dealkylation sites (N-methyl/N-ethyl adjacent to an activating group) is 1. The second-order valence-corrected chi connectivity index (χ2v) is 6.04. The molecule has 1 saturated heterocycles. The fourth-order valence-corrected chi connectivity index (χ4v) is 3.22. The number of carbonyl (C=O) groups excluding carboxylic acids is 2. The van der Waals surface area contributed by atoms with Gasteiger partial charge in [0.05, 0.1) is 17.8 Å². The second kappa shape index (κ2) is 6.62. The summed E-state index contributed by atoms with van der Waals surface area (Å²) < 4.78 is 29.3. The average Bonchev–Trinajstić information content (AvgIpc) is 2.97. The van der Waals surface area contributed by atoms with Gasteiger partial charge in [0.25, 0.3) is 5.91 Å². The molecule has 1 aliphatic heterocycles. The lowest BCUT2D eigenvalue weighted by atomic mass is 9.93. The Labute approximate surface area is 143 Å². The molecule has 2 aromatic rings. The number of rotatable bonds is 3. The van der Waals surface area contributed by atoms with Crippen LogP contribution in [0, 0.1) is 11.6 Å². The summed E-state index contributed by atoms with van der Waals surface area (Å²) >= 11 is 0. The molecule has 0 bridgehead atoms. The predicted molar refractivity (Wildman–Crippen MR) is 85.6 cm³/mol. The van der Waals surface area contributed by atoms with Crippen molar-refractivity contribution in [1.82, 2.24) is 20.0 Å². The molecule has 1 fully saturated rings. The first-order valence-corrected chi connectivity index (χ1v) is 7.88. The van der Waals surface area contributed by atoms with Crippen molar-refractivity contribution >= 4 is 11.8 Å². The summed E-state index contributed by atoms with van der Waals surface area (Å²) in [5.41, 5.74) is 0.112. The highest BCUT2D eigenvalue weighted by Gasteiger charge is 2.37. The highest BCUT2D eigenvalue weighted by atomic mass is 19.1. The van der Waals surface area contributed by atoms with Crippen molar-refractivity contribution in [3.05, 3.63) is 53.4 Å². The molecular weight excluding hydrogens is 330 g/mol. The van der Waals surface area contributed by atoms with Crippen LogP contribution in [0.15, 0.2) is 30.5 Å². The van der Waals surface area contributed by atoms with E-state index in [2.05, 4.69) is 10.4 Å². The van der Waals surface area contributed by atoms with Gasteiger partial charge in [0.15, 0.2) is 0 Å². The number of benzene rings is 1. The number of aryl methyl sites for hydroxylation is 1. The number of halogens is 2. The lowest BCUT2D eigenvalue weighted by molar-refractivity contribution is -0.136. The van der Waals surface area contributed by atoms with Crippen LogP contribution in [-0.4, -0.2) is 39.6 Å². The minimum absolute atomic E-state index is 0.0613. The molecule has 132 valence electrons. The Balaban J connectivity index is 1.90. The van der Waals surface area contributed by atoms with Gasteiger partial charge in [-0.25, -0.2) is 8.78 Å². The summed E-state index contributed by atoms with van der Waals surface area (Å²) in [6.45, 7) is 0. The van der Waals surface area contributed by atoms with Crippen LogP contribution in [0.3, 0.4) is 0 Å². The number of amides is 2. The molecule has 2 amide bonds. The van der Waals surface area contributed by atoms with Crippen molar-refractivity contribution in [2.24, 2.45) is 7.05 Å². The molecule has 6 nitrogen and oxygen atoms in total. The number of hydrogen-bond acceptors (Lipinski definition) is 3. The number of piperidine rings is 1. The Bertz CT molecular complexity index is 800. The highest BCUT2D eigenvalue weighted by molar-refractivity contribution is 5.95. The van der Waals surface area contributed by atoms with E-state index >= 15 is 0 Å². The summed E-state index contributed by atoms with van der Waals surface area (Å²) in [5.74, 6) is -2.74. The molecule has 0 saturated carbocycles. The predicted octanol–water partition coefficient (Wildman–Crippen LogP) is 1.79. The van der Waals surface area contributed by atoms with Crippen LogP contribution < -0.4 is 5.32 Å². The smallest absolute Gasteiger partial charge is 0.257 e. The molecule has 3 rings (SSSR count). The first-order chi connectivity index (χ1) is 11.9. The van der Waals surface area contributed by atoms with Crippen LogP contribution in [0.2, 0.25) is 0 Å².